The molecule has 2 saturated carbocycles. The molecule has 0 radical (unpaired) electrons. The number of ether oxygens (including phenoxy) is 3. The average Bonchev–Trinajstić information content (AvgIpc) is 3.31. The molecule has 0 spiro atoms. The van der Waals surface area contributed by atoms with Gasteiger partial charge in [-0.3, -0.25) is 0 Å². The van der Waals surface area contributed by atoms with Crippen molar-refractivity contribution < 1.29 is 24.1 Å². The molecule has 2 aromatic rings. The van der Waals surface area contributed by atoms with Crippen LogP contribution in [0.3, 0.4) is 0 Å². The lowest BCUT2D eigenvalue weighted by Crippen LogP contribution is -2.58. The Morgan fingerprint density at radius 2 is 1.87 bits per heavy atom. The van der Waals surface area contributed by atoms with Crippen molar-refractivity contribution in [3.63, 3.8) is 0 Å². The number of halogens is 1. The first-order valence-electron chi connectivity index (χ1n) is 14.1. The van der Waals surface area contributed by atoms with Crippen molar-refractivity contribution in [3.8, 4) is 0 Å². The first kappa shape index (κ1) is 30.0. The van der Waals surface area contributed by atoms with Crippen molar-refractivity contribution in [3.05, 3.63) is 82.3 Å². The van der Waals surface area contributed by atoms with Gasteiger partial charge in [0.1, 0.15) is 12.9 Å². The summed E-state index contributed by atoms with van der Waals surface area (Å²) in [5, 5.41) is 10.8. The largest absolute Gasteiger partial charge is 0.458 e. The number of allylic oxidation sites excluding steroid dienone is 1. The highest BCUT2D eigenvalue weighted by Crippen LogP contribution is 2.62. The number of fused-ring (bicyclic) bond motifs is 1. The molecule has 212 valence electrons. The molecule has 0 heterocycles. The van der Waals surface area contributed by atoms with Crippen molar-refractivity contribution in [1.29, 1.82) is 0 Å². The molecule has 6 atom stereocenters. The zero-order chi connectivity index (χ0) is 28.0. The predicted molar refractivity (Wildman–Crippen MR) is 157 cm³/mol. The lowest BCUT2D eigenvalue weighted by Gasteiger charge is -2.57. The van der Waals surface area contributed by atoms with E-state index in [1.165, 1.54) is 0 Å². The smallest absolute Gasteiger partial charge is 0.338 e. The lowest BCUT2D eigenvalue weighted by atomic mass is 9.51. The van der Waals surface area contributed by atoms with E-state index in [0.717, 1.165) is 47.7 Å². The second-order valence-electron chi connectivity index (χ2n) is 12.0. The predicted octanol–water partition coefficient (Wildman–Crippen LogP) is 7.72. The quantitative estimate of drug-likeness (QED) is 0.117. The summed E-state index contributed by atoms with van der Waals surface area (Å²) in [7, 11) is 0. The number of carbonyl (C=O) groups is 1. The summed E-state index contributed by atoms with van der Waals surface area (Å²) in [5.74, 6) is -0.0169. The molecule has 2 fully saturated rings. The minimum Gasteiger partial charge on any atom is -0.458 e. The van der Waals surface area contributed by atoms with Gasteiger partial charge in [0.05, 0.1) is 18.3 Å². The van der Waals surface area contributed by atoms with Crippen LogP contribution in [0.25, 0.3) is 0 Å². The molecule has 2 aromatic carbocycles. The highest BCUT2D eigenvalue weighted by Gasteiger charge is 2.61. The normalized spacial score (nSPS) is 29.0. The Labute approximate surface area is 242 Å². The summed E-state index contributed by atoms with van der Waals surface area (Å²) in [6.07, 6.45) is 4.85. The number of hydrogen-bond donors (Lipinski definition) is 1. The van der Waals surface area contributed by atoms with Crippen molar-refractivity contribution in [2.24, 2.45) is 22.7 Å². The third-order valence-electron chi connectivity index (χ3n) is 9.33. The molecule has 0 amide bonds. The Kier molecular flexibility index (Phi) is 10.1. The number of benzene rings is 2. The zero-order valence-corrected chi connectivity index (χ0v) is 25.1. The third-order valence-corrected chi connectivity index (χ3v) is 9.86. The SMILES string of the molecule is C=C(C)CC[C@H](OCOCc1ccccc1)[C@]1(C)C[C@H](OC(=O)c2ccc(Br)cc2)[C@]2(C)CCC[C@@H]2[C@@H]1CO. The molecule has 0 aromatic heterocycles. The molecule has 1 N–H and O–H groups in total. The molecule has 0 unspecified atom stereocenters. The molecule has 4 rings (SSSR count). The first-order chi connectivity index (χ1) is 18.7. The monoisotopic (exact) mass is 598 g/mol. The number of esters is 1. The van der Waals surface area contributed by atoms with Crippen LogP contribution in [0.2, 0.25) is 0 Å². The summed E-state index contributed by atoms with van der Waals surface area (Å²) in [6, 6.07) is 17.4. The fourth-order valence-corrected chi connectivity index (χ4v) is 7.30. The molecule has 0 saturated heterocycles. The fourth-order valence-electron chi connectivity index (χ4n) is 7.03. The van der Waals surface area contributed by atoms with Crippen LogP contribution in [0, 0.1) is 22.7 Å². The minimum atomic E-state index is -0.403. The molecular weight excluding hydrogens is 556 g/mol. The maximum atomic E-state index is 13.3. The number of aliphatic hydroxyl groups is 1. The van der Waals surface area contributed by atoms with E-state index in [1.807, 2.05) is 49.4 Å². The van der Waals surface area contributed by atoms with Gasteiger partial charge < -0.3 is 19.3 Å². The van der Waals surface area contributed by atoms with Crippen LogP contribution < -0.4 is 0 Å². The molecule has 5 nitrogen and oxygen atoms in total. The van der Waals surface area contributed by atoms with Crippen LogP contribution >= 0.6 is 15.9 Å². The summed E-state index contributed by atoms with van der Waals surface area (Å²) < 4.78 is 19.7. The number of aliphatic hydroxyl groups excluding tert-OH is 1. The van der Waals surface area contributed by atoms with Gasteiger partial charge in [-0.1, -0.05) is 72.1 Å². The topological polar surface area (TPSA) is 65.0 Å². The second-order valence-corrected chi connectivity index (χ2v) is 12.9. The van der Waals surface area contributed by atoms with Crippen molar-refractivity contribution in [2.45, 2.75) is 78.1 Å². The standard InChI is InChI=1S/C33H43BrO5/c1-23(2)12-17-29(38-22-37-21-24-9-6-5-7-10-24)33(4)19-30(32(3)18-8-11-27(32)28(33)20-35)39-31(36)25-13-15-26(34)16-14-25/h5-7,9-10,13-16,27-30,35H,1,8,11-12,17-22H2,2-4H3/t27-,28+,29+,30+,32-,33-/m1/s1. The van der Waals surface area contributed by atoms with Crippen molar-refractivity contribution in [1.82, 2.24) is 0 Å². The summed E-state index contributed by atoms with van der Waals surface area (Å²) >= 11 is 3.44. The molecule has 6 heteroatoms. The van der Waals surface area contributed by atoms with Gasteiger partial charge in [-0.25, -0.2) is 4.79 Å². The van der Waals surface area contributed by atoms with E-state index >= 15 is 0 Å². The molecule has 2 aliphatic carbocycles. The van der Waals surface area contributed by atoms with E-state index in [0.29, 0.717) is 18.6 Å². The van der Waals surface area contributed by atoms with Gasteiger partial charge in [-0.05, 0) is 80.7 Å². The number of rotatable bonds is 12. The summed E-state index contributed by atoms with van der Waals surface area (Å²) in [5.41, 5.74) is 2.16. The fraction of sp³-hybridized carbons (Fsp3) is 0.545. The Morgan fingerprint density at radius 1 is 1.15 bits per heavy atom. The van der Waals surface area contributed by atoms with Crippen LogP contribution in [0.15, 0.2) is 71.2 Å². The Bertz CT molecular complexity index is 1100. The van der Waals surface area contributed by atoms with Crippen LogP contribution in [0.5, 0.6) is 0 Å². The van der Waals surface area contributed by atoms with Crippen LogP contribution in [-0.2, 0) is 20.8 Å². The number of carbonyl (C=O) groups excluding carboxylic acids is 1. The average molecular weight is 600 g/mol. The van der Waals surface area contributed by atoms with Crippen LogP contribution in [-0.4, -0.2) is 36.7 Å². The lowest BCUT2D eigenvalue weighted by molar-refractivity contribution is -0.203. The minimum absolute atomic E-state index is 0.0388. The molecule has 0 aliphatic heterocycles. The van der Waals surface area contributed by atoms with E-state index in [2.05, 4.69) is 36.4 Å². The van der Waals surface area contributed by atoms with Crippen LogP contribution in [0.1, 0.15) is 75.2 Å². The zero-order valence-electron chi connectivity index (χ0n) is 23.5. The van der Waals surface area contributed by atoms with Gasteiger partial charge >= 0.3 is 5.97 Å². The van der Waals surface area contributed by atoms with E-state index < -0.39 is 5.41 Å². The second kappa shape index (κ2) is 13.1. The van der Waals surface area contributed by atoms with Gasteiger partial charge in [-0.15, -0.1) is 6.58 Å². The van der Waals surface area contributed by atoms with E-state index in [1.54, 1.807) is 12.1 Å². The molecular formula is C33H43BrO5. The molecule has 2 aliphatic rings. The van der Waals surface area contributed by atoms with E-state index in [9.17, 15) is 9.90 Å². The Balaban J connectivity index is 1.56. The van der Waals surface area contributed by atoms with Crippen molar-refractivity contribution >= 4 is 21.9 Å². The Hall–Kier alpha value is -1.99. The summed E-state index contributed by atoms with van der Waals surface area (Å²) in [6.45, 7) is 11.3. The van der Waals surface area contributed by atoms with Gasteiger partial charge in [0.15, 0.2) is 0 Å². The summed E-state index contributed by atoms with van der Waals surface area (Å²) in [4.78, 5) is 13.3. The van der Waals surface area contributed by atoms with E-state index in [-0.39, 0.29) is 48.8 Å². The maximum absolute atomic E-state index is 13.3. The third kappa shape index (κ3) is 6.84. The highest BCUT2D eigenvalue weighted by atomic mass is 79.9. The Morgan fingerprint density at radius 3 is 2.54 bits per heavy atom. The van der Waals surface area contributed by atoms with Crippen LogP contribution in [0.4, 0.5) is 0 Å². The highest BCUT2D eigenvalue weighted by molar-refractivity contribution is 9.10. The van der Waals surface area contributed by atoms with E-state index in [4.69, 9.17) is 14.2 Å². The van der Waals surface area contributed by atoms with Gasteiger partial charge in [-0.2, -0.15) is 0 Å². The maximum Gasteiger partial charge on any atom is 0.338 e. The first-order valence-corrected chi connectivity index (χ1v) is 14.9. The number of hydrogen-bond acceptors (Lipinski definition) is 5. The van der Waals surface area contributed by atoms with Gasteiger partial charge in [0.25, 0.3) is 0 Å². The molecule has 39 heavy (non-hydrogen) atoms. The van der Waals surface area contributed by atoms with Gasteiger partial charge in [0, 0.05) is 21.9 Å². The van der Waals surface area contributed by atoms with Gasteiger partial charge in [0.2, 0.25) is 0 Å². The molecule has 0 bridgehead atoms. The van der Waals surface area contributed by atoms with Crippen molar-refractivity contribution in [2.75, 3.05) is 13.4 Å².